The molecule has 4 heteroatoms. The third-order valence-electron chi connectivity index (χ3n) is 1.29. The highest BCUT2D eigenvalue weighted by Gasteiger charge is 2.12. The van der Waals surface area contributed by atoms with Crippen LogP contribution in [0.1, 0.15) is 0 Å². The van der Waals surface area contributed by atoms with Gasteiger partial charge in [0.15, 0.2) is 0 Å². The summed E-state index contributed by atoms with van der Waals surface area (Å²) in [6, 6.07) is 0. The van der Waals surface area contributed by atoms with Crippen molar-refractivity contribution < 1.29 is 0 Å². The maximum absolute atomic E-state index is 4.02. The SMILES string of the molecule is C1=CN=C2N=NCN2C=C1. The third-order valence-corrected chi connectivity index (χ3v) is 1.29. The summed E-state index contributed by atoms with van der Waals surface area (Å²) in [5, 5.41) is 7.62. The molecule has 2 heterocycles. The van der Waals surface area contributed by atoms with Gasteiger partial charge in [-0.25, -0.2) is 4.99 Å². The van der Waals surface area contributed by atoms with E-state index in [9.17, 15) is 0 Å². The minimum Gasteiger partial charge on any atom is -0.294 e. The molecule has 0 N–H and O–H groups in total. The standard InChI is InChI=1S/C6H6N4/c1-2-4-10-5-8-9-6(10)7-3-1/h1-4H,5H2. The Hall–Kier alpha value is -1.45. The molecular formula is C6H6N4. The van der Waals surface area contributed by atoms with E-state index in [2.05, 4.69) is 15.2 Å². The smallest absolute Gasteiger partial charge is 0.250 e. The Morgan fingerprint density at radius 3 is 3.40 bits per heavy atom. The molecule has 50 valence electrons. The molecule has 0 aliphatic carbocycles. The van der Waals surface area contributed by atoms with Crippen LogP contribution in [0.2, 0.25) is 0 Å². The lowest BCUT2D eigenvalue weighted by Gasteiger charge is -2.05. The minimum absolute atomic E-state index is 0.594. The monoisotopic (exact) mass is 134 g/mol. The number of allylic oxidation sites excluding steroid dienone is 2. The summed E-state index contributed by atoms with van der Waals surface area (Å²) in [6.07, 6.45) is 7.38. The first-order valence-corrected chi connectivity index (χ1v) is 3.02. The summed E-state index contributed by atoms with van der Waals surface area (Å²) < 4.78 is 0. The van der Waals surface area contributed by atoms with Crippen LogP contribution in [0.3, 0.4) is 0 Å². The van der Waals surface area contributed by atoms with E-state index in [1.165, 1.54) is 0 Å². The fourth-order valence-corrected chi connectivity index (χ4v) is 0.810. The lowest BCUT2D eigenvalue weighted by atomic mass is 10.6. The Morgan fingerprint density at radius 2 is 2.40 bits per heavy atom. The molecule has 0 unspecified atom stereocenters. The highest BCUT2D eigenvalue weighted by molar-refractivity contribution is 5.83. The van der Waals surface area contributed by atoms with E-state index in [1.807, 2.05) is 23.3 Å². The van der Waals surface area contributed by atoms with Crippen LogP contribution in [0, 0.1) is 0 Å². The van der Waals surface area contributed by atoms with E-state index in [1.54, 1.807) is 6.20 Å². The summed E-state index contributed by atoms with van der Waals surface area (Å²) in [5.41, 5.74) is 0. The Morgan fingerprint density at radius 1 is 1.40 bits per heavy atom. The Bertz CT molecular complexity index is 248. The van der Waals surface area contributed by atoms with Gasteiger partial charge in [0.1, 0.15) is 6.67 Å². The van der Waals surface area contributed by atoms with Crippen LogP contribution in [-0.4, -0.2) is 17.5 Å². The highest BCUT2D eigenvalue weighted by Crippen LogP contribution is 2.07. The first kappa shape index (κ1) is 5.34. The lowest BCUT2D eigenvalue weighted by molar-refractivity contribution is 0.603. The highest BCUT2D eigenvalue weighted by atomic mass is 15.4. The van der Waals surface area contributed by atoms with Crippen molar-refractivity contribution in [3.8, 4) is 0 Å². The molecule has 0 bridgehead atoms. The molecule has 0 aromatic heterocycles. The summed E-state index contributed by atoms with van der Waals surface area (Å²) in [4.78, 5) is 5.90. The van der Waals surface area contributed by atoms with Gasteiger partial charge in [-0.1, -0.05) is 0 Å². The molecule has 0 atom stereocenters. The molecular weight excluding hydrogens is 128 g/mol. The zero-order valence-electron chi connectivity index (χ0n) is 5.31. The van der Waals surface area contributed by atoms with Gasteiger partial charge < -0.3 is 0 Å². The van der Waals surface area contributed by atoms with E-state index in [0.717, 1.165) is 0 Å². The van der Waals surface area contributed by atoms with Crippen molar-refractivity contribution in [1.29, 1.82) is 0 Å². The van der Waals surface area contributed by atoms with E-state index >= 15 is 0 Å². The first-order valence-electron chi connectivity index (χ1n) is 3.02. The molecule has 0 radical (unpaired) electrons. The molecule has 0 aromatic rings. The summed E-state index contributed by atoms with van der Waals surface area (Å²) in [5.74, 6) is 0.671. The lowest BCUT2D eigenvalue weighted by Crippen LogP contribution is -2.17. The van der Waals surface area contributed by atoms with Crippen LogP contribution in [0.25, 0.3) is 0 Å². The Balaban J connectivity index is 2.36. The predicted octanol–water partition coefficient (Wildman–Crippen LogP) is 1.11. The van der Waals surface area contributed by atoms with Crippen LogP contribution in [0.5, 0.6) is 0 Å². The minimum atomic E-state index is 0.594. The topological polar surface area (TPSA) is 40.3 Å². The summed E-state index contributed by atoms with van der Waals surface area (Å²) >= 11 is 0. The molecule has 0 aromatic carbocycles. The second kappa shape index (κ2) is 2.06. The van der Waals surface area contributed by atoms with Crippen molar-refractivity contribution in [2.45, 2.75) is 0 Å². The molecule has 2 aliphatic rings. The van der Waals surface area contributed by atoms with Crippen LogP contribution >= 0.6 is 0 Å². The van der Waals surface area contributed by atoms with Crippen LogP contribution in [0.4, 0.5) is 0 Å². The number of hydrogen-bond donors (Lipinski definition) is 0. The van der Waals surface area contributed by atoms with Crippen molar-refractivity contribution in [2.75, 3.05) is 6.67 Å². The molecule has 2 rings (SSSR count). The van der Waals surface area contributed by atoms with Gasteiger partial charge in [0.05, 0.1) is 0 Å². The van der Waals surface area contributed by atoms with E-state index < -0.39 is 0 Å². The predicted molar refractivity (Wildman–Crippen MR) is 37.3 cm³/mol. The van der Waals surface area contributed by atoms with Crippen molar-refractivity contribution in [3.63, 3.8) is 0 Å². The van der Waals surface area contributed by atoms with Crippen LogP contribution in [-0.2, 0) is 0 Å². The largest absolute Gasteiger partial charge is 0.294 e. The molecule has 0 fully saturated rings. The van der Waals surface area contributed by atoms with Gasteiger partial charge in [-0.2, -0.15) is 5.11 Å². The number of aliphatic imine (C=N–C) groups is 1. The number of nitrogens with zero attached hydrogens (tertiary/aromatic N) is 4. The van der Waals surface area contributed by atoms with Gasteiger partial charge in [0.25, 0.3) is 5.96 Å². The number of hydrogen-bond acceptors (Lipinski definition) is 4. The normalized spacial score (nSPS) is 20.8. The second-order valence-electron chi connectivity index (χ2n) is 1.96. The quantitative estimate of drug-likeness (QED) is 0.489. The van der Waals surface area contributed by atoms with Gasteiger partial charge >= 0.3 is 0 Å². The maximum atomic E-state index is 4.02. The van der Waals surface area contributed by atoms with Gasteiger partial charge in [-0.3, -0.25) is 4.90 Å². The van der Waals surface area contributed by atoms with E-state index in [4.69, 9.17) is 0 Å². The Labute approximate surface area is 58.3 Å². The second-order valence-corrected chi connectivity index (χ2v) is 1.96. The number of guanidine groups is 1. The van der Waals surface area contributed by atoms with Crippen molar-refractivity contribution in [2.24, 2.45) is 15.2 Å². The fraction of sp³-hybridized carbons (Fsp3) is 0.167. The average molecular weight is 134 g/mol. The first-order chi connectivity index (χ1) is 4.97. The number of fused-ring (bicyclic) bond motifs is 1. The van der Waals surface area contributed by atoms with Crippen molar-refractivity contribution in [1.82, 2.24) is 4.90 Å². The number of rotatable bonds is 0. The van der Waals surface area contributed by atoms with Gasteiger partial charge in [-0.05, 0) is 12.2 Å². The van der Waals surface area contributed by atoms with Gasteiger partial charge in [-0.15, -0.1) is 5.11 Å². The molecule has 0 saturated carbocycles. The Kier molecular flexibility index (Phi) is 1.10. The zero-order valence-corrected chi connectivity index (χ0v) is 5.31. The van der Waals surface area contributed by atoms with Crippen LogP contribution < -0.4 is 0 Å². The van der Waals surface area contributed by atoms with Crippen molar-refractivity contribution in [3.05, 3.63) is 24.6 Å². The van der Waals surface area contributed by atoms with E-state index in [0.29, 0.717) is 12.6 Å². The van der Waals surface area contributed by atoms with Crippen molar-refractivity contribution >= 4 is 5.96 Å². The molecule has 10 heavy (non-hydrogen) atoms. The fourth-order valence-electron chi connectivity index (χ4n) is 0.810. The van der Waals surface area contributed by atoms with Gasteiger partial charge in [0.2, 0.25) is 0 Å². The third kappa shape index (κ3) is 0.737. The average Bonchev–Trinajstić information content (AvgIpc) is 2.28. The molecule has 0 amide bonds. The van der Waals surface area contributed by atoms with Gasteiger partial charge in [0, 0.05) is 12.4 Å². The number of azo groups is 1. The van der Waals surface area contributed by atoms with E-state index in [-0.39, 0.29) is 0 Å². The summed E-state index contributed by atoms with van der Waals surface area (Å²) in [6.45, 7) is 0.594. The zero-order chi connectivity index (χ0) is 6.81. The van der Waals surface area contributed by atoms with Crippen LogP contribution in [0.15, 0.2) is 39.8 Å². The summed E-state index contributed by atoms with van der Waals surface area (Å²) in [7, 11) is 0. The molecule has 0 spiro atoms. The molecule has 2 aliphatic heterocycles. The molecule has 4 nitrogen and oxygen atoms in total. The maximum Gasteiger partial charge on any atom is 0.250 e. The molecule has 0 saturated heterocycles.